The Balaban J connectivity index is 1.82. The molecule has 2 bridgehead atoms. The fourth-order valence-corrected chi connectivity index (χ4v) is 4.89. The zero-order valence-electron chi connectivity index (χ0n) is 12.4. The SMILES string of the molecule is C[C@H]1C(O)O[C@@H]2O[C@]3(C)CCC4[C@H](C)CCC1[C@]42OO3. The van der Waals surface area contributed by atoms with E-state index in [1.54, 1.807) is 0 Å². The third kappa shape index (κ3) is 1.56. The van der Waals surface area contributed by atoms with Crippen LogP contribution in [0.25, 0.3) is 0 Å². The molecule has 5 heteroatoms. The Morgan fingerprint density at radius 3 is 2.65 bits per heavy atom. The molecule has 0 radical (unpaired) electrons. The van der Waals surface area contributed by atoms with Crippen LogP contribution in [0.15, 0.2) is 0 Å². The summed E-state index contributed by atoms with van der Waals surface area (Å²) in [5, 5.41) is 10.2. The highest BCUT2D eigenvalue weighted by Gasteiger charge is 2.69. The van der Waals surface area contributed by atoms with Gasteiger partial charge in [-0.3, -0.25) is 0 Å². The van der Waals surface area contributed by atoms with Crippen molar-refractivity contribution < 1.29 is 24.4 Å². The Kier molecular flexibility index (Phi) is 2.81. The topological polar surface area (TPSA) is 57.2 Å². The van der Waals surface area contributed by atoms with Crippen molar-refractivity contribution in [1.29, 1.82) is 0 Å². The molecule has 5 aliphatic rings. The zero-order valence-corrected chi connectivity index (χ0v) is 12.4. The molecule has 1 saturated carbocycles. The molecule has 1 aliphatic carbocycles. The molecule has 0 amide bonds. The molecule has 4 saturated heterocycles. The van der Waals surface area contributed by atoms with Crippen LogP contribution in [0.4, 0.5) is 0 Å². The summed E-state index contributed by atoms with van der Waals surface area (Å²) in [6, 6.07) is 0. The van der Waals surface area contributed by atoms with Gasteiger partial charge in [0.2, 0.25) is 5.79 Å². The van der Waals surface area contributed by atoms with Crippen molar-refractivity contribution in [3.8, 4) is 0 Å². The zero-order chi connectivity index (χ0) is 14.1. The molecule has 5 fully saturated rings. The first kappa shape index (κ1) is 13.5. The number of rotatable bonds is 0. The molecule has 0 aromatic heterocycles. The second kappa shape index (κ2) is 4.17. The molecule has 0 aromatic carbocycles. The van der Waals surface area contributed by atoms with E-state index in [2.05, 4.69) is 6.92 Å². The molecule has 4 aliphatic heterocycles. The molecule has 8 atom stereocenters. The fourth-order valence-electron chi connectivity index (χ4n) is 4.89. The van der Waals surface area contributed by atoms with Crippen LogP contribution in [-0.4, -0.2) is 29.1 Å². The van der Waals surface area contributed by atoms with Gasteiger partial charge >= 0.3 is 0 Å². The van der Waals surface area contributed by atoms with Gasteiger partial charge in [-0.25, -0.2) is 9.78 Å². The first-order chi connectivity index (χ1) is 9.46. The summed E-state index contributed by atoms with van der Waals surface area (Å²) in [6.45, 7) is 6.22. The quantitative estimate of drug-likeness (QED) is 0.691. The van der Waals surface area contributed by atoms with Crippen molar-refractivity contribution in [3.05, 3.63) is 0 Å². The lowest BCUT2D eigenvalue weighted by Gasteiger charge is -2.59. The van der Waals surface area contributed by atoms with Crippen LogP contribution in [0.1, 0.15) is 46.5 Å². The second-order valence-electron chi connectivity index (χ2n) is 7.30. The van der Waals surface area contributed by atoms with Crippen LogP contribution >= 0.6 is 0 Å². The van der Waals surface area contributed by atoms with Crippen LogP contribution in [0.5, 0.6) is 0 Å². The van der Waals surface area contributed by atoms with Crippen molar-refractivity contribution in [2.75, 3.05) is 0 Å². The highest BCUT2D eigenvalue weighted by atomic mass is 17.3. The molecule has 1 spiro atoms. The van der Waals surface area contributed by atoms with Gasteiger partial charge in [0.1, 0.15) is 0 Å². The van der Waals surface area contributed by atoms with Crippen molar-refractivity contribution in [3.63, 3.8) is 0 Å². The predicted octanol–water partition coefficient (Wildman–Crippen LogP) is 2.19. The predicted molar refractivity (Wildman–Crippen MR) is 69.0 cm³/mol. The number of fused-ring (bicyclic) bond motifs is 2. The Morgan fingerprint density at radius 2 is 1.85 bits per heavy atom. The molecule has 3 unspecified atom stereocenters. The van der Waals surface area contributed by atoms with Crippen LogP contribution in [0.3, 0.4) is 0 Å². The molecule has 1 N–H and O–H groups in total. The Bertz CT molecular complexity index is 411. The van der Waals surface area contributed by atoms with Gasteiger partial charge in [-0.2, -0.15) is 0 Å². The maximum Gasteiger partial charge on any atom is 0.201 e. The van der Waals surface area contributed by atoms with Gasteiger partial charge in [-0.15, -0.1) is 0 Å². The van der Waals surface area contributed by atoms with Gasteiger partial charge in [-0.05, 0) is 38.0 Å². The lowest BCUT2D eigenvalue weighted by atomic mass is 9.58. The van der Waals surface area contributed by atoms with E-state index in [1.165, 1.54) is 6.42 Å². The summed E-state index contributed by atoms with van der Waals surface area (Å²) >= 11 is 0. The number of hydrogen-bond acceptors (Lipinski definition) is 5. The van der Waals surface area contributed by atoms with E-state index in [9.17, 15) is 5.11 Å². The number of ether oxygens (including phenoxy) is 2. The van der Waals surface area contributed by atoms with Gasteiger partial charge in [-0.1, -0.05) is 13.8 Å². The van der Waals surface area contributed by atoms with Crippen LogP contribution in [0.2, 0.25) is 0 Å². The smallest absolute Gasteiger partial charge is 0.201 e. The molecular formula is C15H24O5. The maximum absolute atomic E-state index is 10.2. The summed E-state index contributed by atoms with van der Waals surface area (Å²) in [4.78, 5) is 11.6. The summed E-state index contributed by atoms with van der Waals surface area (Å²) < 4.78 is 11.9. The molecule has 20 heavy (non-hydrogen) atoms. The van der Waals surface area contributed by atoms with Crippen molar-refractivity contribution in [2.24, 2.45) is 23.7 Å². The molecular weight excluding hydrogens is 260 g/mol. The van der Waals surface area contributed by atoms with E-state index in [0.717, 1.165) is 19.3 Å². The van der Waals surface area contributed by atoms with Crippen molar-refractivity contribution in [1.82, 2.24) is 0 Å². The maximum atomic E-state index is 10.2. The average Bonchev–Trinajstić information content (AvgIpc) is 2.63. The Labute approximate surface area is 119 Å². The fraction of sp³-hybridized carbons (Fsp3) is 1.00. The van der Waals surface area contributed by atoms with E-state index >= 15 is 0 Å². The Hall–Kier alpha value is -0.200. The summed E-state index contributed by atoms with van der Waals surface area (Å²) in [6.07, 6.45) is 2.72. The lowest BCUT2D eigenvalue weighted by Crippen LogP contribution is -2.70. The second-order valence-corrected chi connectivity index (χ2v) is 7.30. The summed E-state index contributed by atoms with van der Waals surface area (Å²) in [5.74, 6) is 0.437. The minimum absolute atomic E-state index is 0.0379. The van der Waals surface area contributed by atoms with Crippen molar-refractivity contribution in [2.45, 2.75) is 70.4 Å². The lowest BCUT2D eigenvalue weighted by molar-refractivity contribution is -0.576. The molecule has 5 rings (SSSR count). The first-order valence-electron chi connectivity index (χ1n) is 7.84. The summed E-state index contributed by atoms with van der Waals surface area (Å²) in [7, 11) is 0. The normalized spacial score (nSPS) is 61.8. The van der Waals surface area contributed by atoms with Gasteiger partial charge in [0.25, 0.3) is 0 Å². The number of aliphatic hydroxyl groups is 1. The average molecular weight is 284 g/mol. The number of hydrogen-bond donors (Lipinski definition) is 1. The minimum Gasteiger partial charge on any atom is -0.368 e. The largest absolute Gasteiger partial charge is 0.368 e. The molecule has 5 nitrogen and oxygen atoms in total. The van der Waals surface area contributed by atoms with Crippen molar-refractivity contribution >= 4 is 0 Å². The van der Waals surface area contributed by atoms with Gasteiger partial charge in [0.05, 0.1) is 0 Å². The monoisotopic (exact) mass is 284 g/mol. The highest BCUT2D eigenvalue weighted by molar-refractivity contribution is 5.08. The van der Waals surface area contributed by atoms with E-state index in [1.807, 2.05) is 13.8 Å². The summed E-state index contributed by atoms with van der Waals surface area (Å²) in [5.41, 5.74) is -0.549. The van der Waals surface area contributed by atoms with E-state index in [4.69, 9.17) is 19.2 Å². The molecule has 0 aromatic rings. The Morgan fingerprint density at radius 1 is 1.05 bits per heavy atom. The number of aliphatic hydroxyl groups excluding tert-OH is 1. The van der Waals surface area contributed by atoms with E-state index < -0.39 is 24.0 Å². The standard InChI is InChI=1S/C15H24O5/c1-8-4-5-11-9(2)12(16)17-13-15(11)10(8)6-7-14(3,18-13)19-20-15/h8-13,16H,4-7H2,1-3H3/t8-,9-,10?,11?,12?,13-,14+,15-/m1/s1. The van der Waals surface area contributed by atoms with Crippen LogP contribution in [0, 0.1) is 23.7 Å². The van der Waals surface area contributed by atoms with Gasteiger partial charge < -0.3 is 14.6 Å². The van der Waals surface area contributed by atoms with Gasteiger partial charge in [0, 0.05) is 18.3 Å². The third-order valence-corrected chi connectivity index (χ3v) is 6.12. The van der Waals surface area contributed by atoms with Crippen LogP contribution in [-0.2, 0) is 19.2 Å². The van der Waals surface area contributed by atoms with Gasteiger partial charge in [0.15, 0.2) is 18.2 Å². The first-order valence-corrected chi connectivity index (χ1v) is 7.84. The molecule has 4 heterocycles. The van der Waals surface area contributed by atoms with E-state index in [0.29, 0.717) is 11.8 Å². The molecule has 114 valence electrons. The third-order valence-electron chi connectivity index (χ3n) is 6.12. The highest BCUT2D eigenvalue weighted by Crippen LogP contribution is 2.60. The minimum atomic E-state index is -0.781. The van der Waals surface area contributed by atoms with E-state index in [-0.39, 0.29) is 11.8 Å². The van der Waals surface area contributed by atoms with Crippen LogP contribution < -0.4 is 0 Å².